The van der Waals surface area contributed by atoms with E-state index in [1.54, 1.807) is 0 Å². The predicted octanol–water partition coefficient (Wildman–Crippen LogP) is 2.81. The van der Waals surface area contributed by atoms with Gasteiger partial charge in [-0.05, 0) is 43.4 Å². The van der Waals surface area contributed by atoms with Crippen LogP contribution >= 0.6 is 0 Å². The molecular formula is C20H31N3O. The SMILES string of the molecule is Cc1cccc(N2CCN(C(=O)CNC3CCCCC3C)CC2)c1. The van der Waals surface area contributed by atoms with E-state index in [0.29, 0.717) is 18.5 Å². The molecule has 24 heavy (non-hydrogen) atoms. The second kappa shape index (κ2) is 8.02. The number of aryl methyl sites for hydroxylation is 1. The molecule has 0 bridgehead atoms. The fraction of sp³-hybridized carbons (Fsp3) is 0.650. The Morgan fingerprint density at radius 2 is 1.92 bits per heavy atom. The van der Waals surface area contributed by atoms with E-state index in [-0.39, 0.29) is 5.91 Å². The summed E-state index contributed by atoms with van der Waals surface area (Å²) >= 11 is 0. The number of hydrogen-bond donors (Lipinski definition) is 1. The molecule has 1 N–H and O–H groups in total. The van der Waals surface area contributed by atoms with Crippen molar-refractivity contribution in [2.45, 2.75) is 45.6 Å². The van der Waals surface area contributed by atoms with E-state index in [4.69, 9.17) is 0 Å². The first-order valence-corrected chi connectivity index (χ1v) is 9.46. The Bertz CT molecular complexity index is 552. The smallest absolute Gasteiger partial charge is 0.236 e. The molecule has 2 unspecified atom stereocenters. The molecule has 0 radical (unpaired) electrons. The second-order valence-electron chi connectivity index (χ2n) is 7.46. The minimum Gasteiger partial charge on any atom is -0.368 e. The standard InChI is InChI=1S/C20H31N3O/c1-16-6-5-8-18(14-16)22-10-12-23(13-11-22)20(24)15-21-19-9-4-3-7-17(19)2/h5-6,8,14,17,19,21H,3-4,7,9-13,15H2,1-2H3. The summed E-state index contributed by atoms with van der Waals surface area (Å²) in [5.41, 5.74) is 2.56. The molecule has 1 aromatic rings. The van der Waals surface area contributed by atoms with Gasteiger partial charge in [-0.15, -0.1) is 0 Å². The summed E-state index contributed by atoms with van der Waals surface area (Å²) in [5, 5.41) is 3.51. The van der Waals surface area contributed by atoms with E-state index in [2.05, 4.69) is 48.3 Å². The molecule has 1 aromatic carbocycles. The number of hydrogen-bond acceptors (Lipinski definition) is 3. The highest BCUT2D eigenvalue weighted by Crippen LogP contribution is 2.23. The molecule has 1 saturated carbocycles. The zero-order chi connectivity index (χ0) is 16.9. The largest absolute Gasteiger partial charge is 0.368 e. The van der Waals surface area contributed by atoms with Gasteiger partial charge in [0.1, 0.15) is 0 Å². The minimum atomic E-state index is 0.261. The molecule has 2 fully saturated rings. The molecule has 1 heterocycles. The molecular weight excluding hydrogens is 298 g/mol. The Balaban J connectivity index is 1.45. The molecule has 0 aromatic heterocycles. The summed E-state index contributed by atoms with van der Waals surface area (Å²) in [7, 11) is 0. The first-order chi connectivity index (χ1) is 11.6. The summed E-state index contributed by atoms with van der Waals surface area (Å²) < 4.78 is 0. The number of amides is 1. The number of anilines is 1. The van der Waals surface area contributed by atoms with Crippen LogP contribution in [0.4, 0.5) is 5.69 Å². The van der Waals surface area contributed by atoms with Crippen molar-refractivity contribution in [3.63, 3.8) is 0 Å². The number of nitrogens with one attached hydrogen (secondary N) is 1. The molecule has 1 amide bonds. The topological polar surface area (TPSA) is 35.6 Å². The van der Waals surface area contributed by atoms with E-state index in [1.165, 1.54) is 36.9 Å². The van der Waals surface area contributed by atoms with E-state index in [0.717, 1.165) is 26.2 Å². The van der Waals surface area contributed by atoms with Crippen molar-refractivity contribution in [2.75, 3.05) is 37.6 Å². The van der Waals surface area contributed by atoms with Gasteiger partial charge < -0.3 is 15.1 Å². The van der Waals surface area contributed by atoms with Crippen LogP contribution in [0.3, 0.4) is 0 Å². The fourth-order valence-corrected chi connectivity index (χ4v) is 3.99. The third-order valence-electron chi connectivity index (χ3n) is 5.63. The van der Waals surface area contributed by atoms with Crippen molar-refractivity contribution in [1.82, 2.24) is 10.2 Å². The van der Waals surface area contributed by atoms with Gasteiger partial charge in [0.05, 0.1) is 6.54 Å². The highest BCUT2D eigenvalue weighted by atomic mass is 16.2. The molecule has 1 aliphatic carbocycles. The maximum atomic E-state index is 12.5. The predicted molar refractivity (Wildman–Crippen MR) is 99.4 cm³/mol. The van der Waals surface area contributed by atoms with Crippen molar-refractivity contribution in [3.8, 4) is 0 Å². The van der Waals surface area contributed by atoms with Crippen molar-refractivity contribution in [3.05, 3.63) is 29.8 Å². The van der Waals surface area contributed by atoms with Crippen LogP contribution in [0.5, 0.6) is 0 Å². The quantitative estimate of drug-likeness (QED) is 0.923. The van der Waals surface area contributed by atoms with E-state index in [9.17, 15) is 4.79 Å². The summed E-state index contributed by atoms with van der Waals surface area (Å²) in [5.74, 6) is 0.960. The zero-order valence-corrected chi connectivity index (χ0v) is 15.1. The Hall–Kier alpha value is -1.55. The Kier molecular flexibility index (Phi) is 5.77. The summed E-state index contributed by atoms with van der Waals surface area (Å²) in [6.45, 7) is 8.44. The first-order valence-electron chi connectivity index (χ1n) is 9.46. The minimum absolute atomic E-state index is 0.261. The van der Waals surface area contributed by atoms with Gasteiger partial charge in [-0.3, -0.25) is 4.79 Å². The summed E-state index contributed by atoms with van der Waals surface area (Å²) in [6, 6.07) is 9.15. The zero-order valence-electron chi connectivity index (χ0n) is 15.1. The lowest BCUT2D eigenvalue weighted by Crippen LogP contribution is -2.52. The van der Waals surface area contributed by atoms with Crippen LogP contribution in [-0.4, -0.2) is 49.6 Å². The lowest BCUT2D eigenvalue weighted by Gasteiger charge is -2.37. The van der Waals surface area contributed by atoms with Crippen molar-refractivity contribution < 1.29 is 4.79 Å². The van der Waals surface area contributed by atoms with Gasteiger partial charge in [-0.1, -0.05) is 31.9 Å². The molecule has 3 rings (SSSR count). The highest BCUT2D eigenvalue weighted by molar-refractivity contribution is 5.78. The fourth-order valence-electron chi connectivity index (χ4n) is 3.99. The summed E-state index contributed by atoms with van der Waals surface area (Å²) in [6.07, 6.45) is 5.15. The summed E-state index contributed by atoms with van der Waals surface area (Å²) in [4.78, 5) is 16.9. The van der Waals surface area contributed by atoms with Gasteiger partial charge in [0, 0.05) is 37.9 Å². The van der Waals surface area contributed by atoms with Gasteiger partial charge in [0.15, 0.2) is 0 Å². The second-order valence-corrected chi connectivity index (χ2v) is 7.46. The third kappa shape index (κ3) is 4.29. The van der Waals surface area contributed by atoms with Crippen LogP contribution in [0.15, 0.2) is 24.3 Å². The number of benzene rings is 1. The van der Waals surface area contributed by atoms with Crippen LogP contribution in [0.25, 0.3) is 0 Å². The van der Waals surface area contributed by atoms with Crippen LogP contribution in [0.2, 0.25) is 0 Å². The molecule has 1 saturated heterocycles. The number of rotatable bonds is 4. The van der Waals surface area contributed by atoms with Crippen LogP contribution in [-0.2, 0) is 4.79 Å². The number of carbonyl (C=O) groups excluding carboxylic acids is 1. The molecule has 132 valence electrons. The highest BCUT2D eigenvalue weighted by Gasteiger charge is 2.24. The number of piperazine rings is 1. The molecule has 0 spiro atoms. The third-order valence-corrected chi connectivity index (χ3v) is 5.63. The molecule has 4 nitrogen and oxygen atoms in total. The van der Waals surface area contributed by atoms with Crippen molar-refractivity contribution >= 4 is 11.6 Å². The Labute approximate surface area is 146 Å². The average molecular weight is 329 g/mol. The van der Waals surface area contributed by atoms with Crippen LogP contribution in [0, 0.1) is 12.8 Å². The Morgan fingerprint density at radius 1 is 1.17 bits per heavy atom. The van der Waals surface area contributed by atoms with Crippen LogP contribution < -0.4 is 10.2 Å². The van der Waals surface area contributed by atoms with E-state index >= 15 is 0 Å². The van der Waals surface area contributed by atoms with Crippen molar-refractivity contribution in [1.29, 1.82) is 0 Å². The van der Waals surface area contributed by atoms with Gasteiger partial charge in [-0.2, -0.15) is 0 Å². The maximum absolute atomic E-state index is 12.5. The normalized spacial score (nSPS) is 24.9. The molecule has 4 heteroatoms. The van der Waals surface area contributed by atoms with E-state index in [1.807, 2.05) is 4.90 Å². The van der Waals surface area contributed by atoms with E-state index < -0.39 is 0 Å². The van der Waals surface area contributed by atoms with Gasteiger partial charge in [0.25, 0.3) is 0 Å². The van der Waals surface area contributed by atoms with Crippen LogP contribution in [0.1, 0.15) is 38.2 Å². The number of nitrogens with zero attached hydrogens (tertiary/aromatic N) is 2. The lowest BCUT2D eigenvalue weighted by molar-refractivity contribution is -0.130. The van der Waals surface area contributed by atoms with Crippen molar-refractivity contribution in [2.24, 2.45) is 5.92 Å². The first kappa shape index (κ1) is 17.3. The van der Waals surface area contributed by atoms with Gasteiger partial charge >= 0.3 is 0 Å². The molecule has 2 atom stereocenters. The molecule has 1 aliphatic heterocycles. The monoisotopic (exact) mass is 329 g/mol. The Morgan fingerprint density at radius 3 is 2.62 bits per heavy atom. The maximum Gasteiger partial charge on any atom is 0.236 e. The lowest BCUT2D eigenvalue weighted by atomic mass is 9.86. The van der Waals surface area contributed by atoms with Gasteiger partial charge in [-0.25, -0.2) is 0 Å². The molecule has 2 aliphatic rings. The number of carbonyl (C=O) groups is 1. The van der Waals surface area contributed by atoms with Gasteiger partial charge in [0.2, 0.25) is 5.91 Å². The average Bonchev–Trinajstić information content (AvgIpc) is 2.61.